The minimum atomic E-state index is -0.552. The molecule has 0 radical (unpaired) electrons. The fourth-order valence-electron chi connectivity index (χ4n) is 1.32. The van der Waals surface area contributed by atoms with Gasteiger partial charge in [0.25, 0.3) is 5.69 Å². The molecule has 0 saturated heterocycles. The number of nitro benzene ring substituents is 1. The van der Waals surface area contributed by atoms with Crippen LogP contribution in [0.2, 0.25) is 10.0 Å². The van der Waals surface area contributed by atoms with Crippen LogP contribution in [-0.2, 0) is 0 Å². The minimum absolute atomic E-state index is 0. The van der Waals surface area contributed by atoms with Crippen molar-refractivity contribution < 1.29 is 9.34 Å². The van der Waals surface area contributed by atoms with Crippen molar-refractivity contribution in [1.29, 1.82) is 0 Å². The van der Waals surface area contributed by atoms with Crippen molar-refractivity contribution in [2.75, 3.05) is 0 Å². The van der Waals surface area contributed by atoms with Gasteiger partial charge in [0.05, 0.1) is 26.8 Å². The molecule has 0 aliphatic heterocycles. The molecule has 17 heavy (non-hydrogen) atoms. The summed E-state index contributed by atoms with van der Waals surface area (Å²) in [6.07, 6.45) is 1.48. The lowest BCUT2D eigenvalue weighted by Gasteiger charge is -2.03. The first-order valence-electron chi connectivity index (χ1n) is 4.27. The van der Waals surface area contributed by atoms with Gasteiger partial charge in [-0.3, -0.25) is 10.1 Å². The number of furan rings is 1. The molecule has 0 spiro atoms. The van der Waals surface area contributed by atoms with Crippen molar-refractivity contribution in [2.24, 2.45) is 0 Å². The highest BCUT2D eigenvalue weighted by molar-refractivity contribution is 6.39. The van der Waals surface area contributed by atoms with Gasteiger partial charge in [-0.2, -0.15) is 0 Å². The molecule has 0 unspecified atom stereocenters. The number of non-ortho nitro benzene ring substituents is 1. The highest BCUT2D eigenvalue weighted by Gasteiger charge is 2.17. The molecule has 4 nitrogen and oxygen atoms in total. The quantitative estimate of drug-likeness (QED) is 0.601. The number of halogens is 3. The zero-order valence-corrected chi connectivity index (χ0v) is 10.6. The first-order chi connectivity index (χ1) is 7.59. The molecular weight excluding hydrogens is 288 g/mol. The standard InChI is InChI=1S/C10H5Cl2NO3.ClH/c11-7-4-6(13(14)15)5-8(12)10(7)9-2-1-3-16-9;/h1-5H;1H. The number of benzene rings is 1. The molecule has 0 saturated carbocycles. The molecule has 0 fully saturated rings. The van der Waals surface area contributed by atoms with Gasteiger partial charge in [-0.1, -0.05) is 23.2 Å². The van der Waals surface area contributed by atoms with E-state index >= 15 is 0 Å². The van der Waals surface area contributed by atoms with E-state index in [1.54, 1.807) is 12.1 Å². The molecule has 90 valence electrons. The van der Waals surface area contributed by atoms with E-state index in [1.807, 2.05) is 0 Å². The van der Waals surface area contributed by atoms with Crippen molar-refractivity contribution in [3.8, 4) is 11.3 Å². The Balaban J connectivity index is 0.00000144. The zero-order chi connectivity index (χ0) is 11.7. The number of nitro groups is 1. The summed E-state index contributed by atoms with van der Waals surface area (Å²) in [5.41, 5.74) is 0.309. The van der Waals surface area contributed by atoms with Gasteiger partial charge in [-0.15, -0.1) is 12.4 Å². The molecule has 0 aliphatic rings. The van der Waals surface area contributed by atoms with Crippen LogP contribution in [0.3, 0.4) is 0 Å². The largest absolute Gasteiger partial charge is 0.464 e. The molecule has 0 bridgehead atoms. The van der Waals surface area contributed by atoms with Crippen LogP contribution in [0.15, 0.2) is 34.9 Å². The second-order valence-corrected chi connectivity index (χ2v) is 3.83. The van der Waals surface area contributed by atoms with Crippen LogP contribution in [0.4, 0.5) is 5.69 Å². The lowest BCUT2D eigenvalue weighted by molar-refractivity contribution is -0.384. The minimum Gasteiger partial charge on any atom is -0.464 e. The van der Waals surface area contributed by atoms with Crippen LogP contribution in [0.5, 0.6) is 0 Å². The second kappa shape index (κ2) is 5.40. The maximum Gasteiger partial charge on any atom is 0.272 e. The van der Waals surface area contributed by atoms with E-state index in [2.05, 4.69) is 0 Å². The molecule has 1 aromatic heterocycles. The normalized spacial score (nSPS) is 9.76. The molecule has 1 aromatic carbocycles. The Morgan fingerprint density at radius 2 is 1.82 bits per heavy atom. The van der Waals surface area contributed by atoms with Crippen molar-refractivity contribution >= 4 is 41.3 Å². The average molecular weight is 295 g/mol. The van der Waals surface area contributed by atoms with Gasteiger partial charge < -0.3 is 4.42 Å². The number of hydrogen-bond donors (Lipinski definition) is 0. The Labute approximate surface area is 113 Å². The van der Waals surface area contributed by atoms with Gasteiger partial charge in [-0.05, 0) is 12.1 Å². The van der Waals surface area contributed by atoms with E-state index in [1.165, 1.54) is 18.4 Å². The van der Waals surface area contributed by atoms with Crippen LogP contribution in [-0.4, -0.2) is 4.92 Å². The number of nitrogens with zero attached hydrogens (tertiary/aromatic N) is 1. The van der Waals surface area contributed by atoms with E-state index in [4.69, 9.17) is 27.6 Å². The zero-order valence-electron chi connectivity index (χ0n) is 8.22. The van der Waals surface area contributed by atoms with Crippen molar-refractivity contribution in [3.05, 3.63) is 50.7 Å². The number of hydrogen-bond acceptors (Lipinski definition) is 3. The highest BCUT2D eigenvalue weighted by atomic mass is 35.5. The average Bonchev–Trinajstić information content (AvgIpc) is 2.69. The maximum absolute atomic E-state index is 10.6. The Kier molecular flexibility index (Phi) is 4.40. The van der Waals surface area contributed by atoms with Gasteiger partial charge >= 0.3 is 0 Å². The van der Waals surface area contributed by atoms with Gasteiger partial charge in [0.2, 0.25) is 0 Å². The summed E-state index contributed by atoms with van der Waals surface area (Å²) in [7, 11) is 0. The molecule has 1 heterocycles. The van der Waals surface area contributed by atoms with Crippen LogP contribution in [0.25, 0.3) is 11.3 Å². The van der Waals surface area contributed by atoms with E-state index in [9.17, 15) is 10.1 Å². The molecule has 7 heteroatoms. The Morgan fingerprint density at radius 3 is 2.24 bits per heavy atom. The first-order valence-corrected chi connectivity index (χ1v) is 5.02. The Bertz CT molecular complexity index is 517. The summed E-state index contributed by atoms with van der Waals surface area (Å²) in [6, 6.07) is 5.85. The Hall–Kier alpha value is -1.23. The monoisotopic (exact) mass is 293 g/mol. The lowest BCUT2D eigenvalue weighted by atomic mass is 10.1. The third-order valence-electron chi connectivity index (χ3n) is 2.01. The highest BCUT2D eigenvalue weighted by Crippen LogP contribution is 2.37. The molecule has 2 aromatic rings. The summed E-state index contributed by atoms with van der Waals surface area (Å²) in [5, 5.41) is 10.9. The topological polar surface area (TPSA) is 56.3 Å². The smallest absolute Gasteiger partial charge is 0.272 e. The van der Waals surface area contributed by atoms with E-state index in [-0.39, 0.29) is 28.1 Å². The molecule has 0 aliphatic carbocycles. The summed E-state index contributed by atoms with van der Waals surface area (Å²) in [5.74, 6) is 0.477. The molecule has 0 atom stereocenters. The van der Waals surface area contributed by atoms with Crippen LogP contribution in [0, 0.1) is 10.1 Å². The summed E-state index contributed by atoms with van der Waals surface area (Å²) < 4.78 is 5.14. The van der Waals surface area contributed by atoms with Crippen molar-refractivity contribution in [3.63, 3.8) is 0 Å². The van der Waals surface area contributed by atoms with Gasteiger partial charge in [-0.25, -0.2) is 0 Å². The van der Waals surface area contributed by atoms with E-state index in [0.717, 1.165) is 0 Å². The summed E-state index contributed by atoms with van der Waals surface area (Å²) in [6.45, 7) is 0. The summed E-state index contributed by atoms with van der Waals surface area (Å²) in [4.78, 5) is 10.0. The first kappa shape index (κ1) is 13.8. The predicted molar refractivity (Wildman–Crippen MR) is 68.1 cm³/mol. The fourth-order valence-corrected chi connectivity index (χ4v) is 1.98. The SMILES string of the molecule is Cl.O=[N+]([O-])c1cc(Cl)c(-c2ccco2)c(Cl)c1. The fraction of sp³-hybridized carbons (Fsp3) is 0. The van der Waals surface area contributed by atoms with Crippen molar-refractivity contribution in [1.82, 2.24) is 0 Å². The third-order valence-corrected chi connectivity index (χ3v) is 2.60. The van der Waals surface area contributed by atoms with Crippen LogP contribution < -0.4 is 0 Å². The van der Waals surface area contributed by atoms with Gasteiger partial charge in [0.1, 0.15) is 5.76 Å². The number of rotatable bonds is 2. The maximum atomic E-state index is 10.6. The second-order valence-electron chi connectivity index (χ2n) is 3.02. The molecule has 0 N–H and O–H groups in total. The molecule has 0 amide bonds. The van der Waals surface area contributed by atoms with Gasteiger partial charge in [0.15, 0.2) is 0 Å². The van der Waals surface area contributed by atoms with Crippen LogP contribution in [0.1, 0.15) is 0 Å². The van der Waals surface area contributed by atoms with E-state index in [0.29, 0.717) is 11.3 Å². The van der Waals surface area contributed by atoms with E-state index < -0.39 is 4.92 Å². The summed E-state index contributed by atoms with van der Waals surface area (Å²) >= 11 is 11.8. The van der Waals surface area contributed by atoms with Crippen molar-refractivity contribution in [2.45, 2.75) is 0 Å². The Morgan fingerprint density at radius 1 is 1.24 bits per heavy atom. The third kappa shape index (κ3) is 2.72. The lowest BCUT2D eigenvalue weighted by Crippen LogP contribution is -1.89. The van der Waals surface area contributed by atoms with Crippen LogP contribution >= 0.6 is 35.6 Å². The predicted octanol–water partition coefficient (Wildman–Crippen LogP) is 4.58. The molecular formula is C10H6Cl3NO3. The van der Waals surface area contributed by atoms with Gasteiger partial charge in [0, 0.05) is 12.1 Å². The molecule has 2 rings (SSSR count).